The smallest absolute Gasteiger partial charge is 0.327 e. The van der Waals surface area contributed by atoms with Crippen molar-refractivity contribution in [1.29, 1.82) is 0 Å². The number of morpholine rings is 1. The maximum Gasteiger partial charge on any atom is 0.327 e. The van der Waals surface area contributed by atoms with Gasteiger partial charge in [-0.3, -0.25) is 19.3 Å². The first-order valence-corrected chi connectivity index (χ1v) is 19.6. The SMILES string of the molecule is CC(N)C(=O)N[C@@H](Cc1cnc[nH]1)C(=O)N(C(=O)N1CCOCC1)[C@@H](CC1CCCCC1)[C@@H](O)C(C(=O)NC1C[N+]2(C)CCC1CC2)c1ccccc1. The van der Waals surface area contributed by atoms with Crippen molar-refractivity contribution in [3.05, 3.63) is 54.1 Å². The molecule has 5 aliphatic rings. The summed E-state index contributed by atoms with van der Waals surface area (Å²) in [5, 5.41) is 19.0. The molecule has 0 radical (unpaired) electrons. The van der Waals surface area contributed by atoms with Crippen molar-refractivity contribution in [2.75, 3.05) is 53.0 Å². The van der Waals surface area contributed by atoms with Crippen LogP contribution in [0.5, 0.6) is 0 Å². The van der Waals surface area contributed by atoms with E-state index < -0.39 is 48.0 Å². The van der Waals surface area contributed by atoms with Gasteiger partial charge in [0.25, 0.3) is 5.91 Å². The molecule has 7 rings (SSSR count). The molecule has 2 aromatic rings. The van der Waals surface area contributed by atoms with Crippen LogP contribution < -0.4 is 16.4 Å². The number of aromatic nitrogens is 2. The minimum atomic E-state index is -1.45. The zero-order valence-electron chi connectivity index (χ0n) is 31.3. The van der Waals surface area contributed by atoms with Crippen LogP contribution in [0.25, 0.3) is 0 Å². The molecule has 5 fully saturated rings. The van der Waals surface area contributed by atoms with E-state index >= 15 is 4.79 Å². The second-order valence-electron chi connectivity index (χ2n) is 16.1. The Balaban J connectivity index is 1.41. The minimum absolute atomic E-state index is 0.0130. The van der Waals surface area contributed by atoms with Crippen LogP contribution in [0.4, 0.5) is 4.79 Å². The average Bonchev–Trinajstić information content (AvgIpc) is 3.68. The number of aromatic amines is 1. The molecule has 53 heavy (non-hydrogen) atoms. The van der Waals surface area contributed by atoms with Gasteiger partial charge in [0, 0.05) is 44.2 Å². The number of aliphatic hydroxyl groups is 1. The number of nitrogens with two attached hydrogens (primary N) is 1. The van der Waals surface area contributed by atoms with Gasteiger partial charge in [0.1, 0.15) is 6.04 Å². The number of aliphatic hydroxyl groups excluding tert-OH is 1. The third kappa shape index (κ3) is 9.45. The highest BCUT2D eigenvalue weighted by Crippen LogP contribution is 2.36. The largest absolute Gasteiger partial charge is 0.390 e. The van der Waals surface area contributed by atoms with Gasteiger partial charge in [-0.1, -0.05) is 62.4 Å². The molecular formula is C39H59N8O6+. The Kier molecular flexibility index (Phi) is 12.9. The van der Waals surface area contributed by atoms with E-state index in [0.717, 1.165) is 74.0 Å². The summed E-state index contributed by atoms with van der Waals surface area (Å²) in [6.07, 6.45) is 8.89. The van der Waals surface area contributed by atoms with Crippen molar-refractivity contribution in [1.82, 2.24) is 30.4 Å². The number of H-pyrrole nitrogens is 1. The molecule has 14 nitrogen and oxygen atoms in total. The van der Waals surface area contributed by atoms with Crippen molar-refractivity contribution in [3.63, 3.8) is 0 Å². The highest BCUT2D eigenvalue weighted by molar-refractivity contribution is 6.00. The minimum Gasteiger partial charge on any atom is -0.390 e. The van der Waals surface area contributed by atoms with Gasteiger partial charge >= 0.3 is 6.03 Å². The number of urea groups is 1. The highest BCUT2D eigenvalue weighted by Gasteiger charge is 2.48. The number of hydrogen-bond acceptors (Lipinski definition) is 8. The van der Waals surface area contributed by atoms with Gasteiger partial charge < -0.3 is 40.6 Å². The quantitative estimate of drug-likeness (QED) is 0.193. The Morgan fingerprint density at radius 1 is 1.06 bits per heavy atom. The lowest BCUT2D eigenvalue weighted by atomic mass is 9.78. The summed E-state index contributed by atoms with van der Waals surface area (Å²) in [7, 11) is 2.24. The average molecular weight is 736 g/mol. The summed E-state index contributed by atoms with van der Waals surface area (Å²) in [5.74, 6) is -2.13. The van der Waals surface area contributed by atoms with Gasteiger partial charge in [-0.25, -0.2) is 9.78 Å². The maximum absolute atomic E-state index is 15.1. The Labute approximate surface area is 312 Å². The number of quaternary nitrogens is 1. The number of rotatable bonds is 13. The molecule has 3 unspecified atom stereocenters. The summed E-state index contributed by atoms with van der Waals surface area (Å²) in [4.78, 5) is 67.5. The van der Waals surface area contributed by atoms with Crippen LogP contribution in [-0.4, -0.2) is 136 Å². The molecule has 4 saturated heterocycles. The summed E-state index contributed by atoms with van der Waals surface area (Å²) < 4.78 is 6.47. The van der Waals surface area contributed by atoms with E-state index in [9.17, 15) is 19.5 Å². The summed E-state index contributed by atoms with van der Waals surface area (Å²) in [6.45, 7) is 5.66. The highest BCUT2D eigenvalue weighted by atomic mass is 16.5. The van der Waals surface area contributed by atoms with E-state index in [2.05, 4.69) is 27.6 Å². The summed E-state index contributed by atoms with van der Waals surface area (Å²) in [6, 6.07) is 5.38. The van der Waals surface area contributed by atoms with Gasteiger partial charge in [-0.2, -0.15) is 0 Å². The van der Waals surface area contributed by atoms with E-state index in [4.69, 9.17) is 10.5 Å². The van der Waals surface area contributed by atoms with E-state index in [1.807, 2.05) is 30.3 Å². The predicted molar refractivity (Wildman–Crippen MR) is 198 cm³/mol. The normalized spacial score (nSPS) is 26.2. The first-order chi connectivity index (χ1) is 25.5. The Morgan fingerprint density at radius 2 is 1.75 bits per heavy atom. The van der Waals surface area contributed by atoms with Crippen molar-refractivity contribution in [2.24, 2.45) is 17.6 Å². The molecule has 1 aromatic heterocycles. The van der Waals surface area contributed by atoms with Crippen LogP contribution in [0.1, 0.15) is 75.5 Å². The molecule has 2 bridgehead atoms. The van der Waals surface area contributed by atoms with Crippen LogP contribution in [0.2, 0.25) is 0 Å². The number of imidazole rings is 1. The molecule has 1 saturated carbocycles. The predicted octanol–water partition coefficient (Wildman–Crippen LogP) is 1.90. The first-order valence-electron chi connectivity index (χ1n) is 19.6. The maximum atomic E-state index is 15.1. The Hall–Kier alpha value is -3.85. The molecule has 0 spiro atoms. The van der Waals surface area contributed by atoms with Crippen LogP contribution in [0, 0.1) is 11.8 Å². The lowest BCUT2D eigenvalue weighted by molar-refractivity contribution is -0.925. The molecule has 4 aliphatic heterocycles. The van der Waals surface area contributed by atoms with Crippen LogP contribution in [0.3, 0.4) is 0 Å². The summed E-state index contributed by atoms with van der Waals surface area (Å²) >= 11 is 0. The number of amides is 5. The number of nitrogens with zero attached hydrogens (tertiary/aromatic N) is 4. The van der Waals surface area contributed by atoms with Crippen LogP contribution >= 0.6 is 0 Å². The molecule has 5 heterocycles. The van der Waals surface area contributed by atoms with Gasteiger partial charge in [0.15, 0.2) is 0 Å². The fourth-order valence-corrected chi connectivity index (χ4v) is 9.00. The molecule has 14 heteroatoms. The monoisotopic (exact) mass is 735 g/mol. The number of likely N-dealkylation sites (N-methyl/N-ethyl adjacent to an activating group) is 1. The number of imide groups is 1. The molecular weight excluding hydrogens is 676 g/mol. The van der Waals surface area contributed by atoms with Crippen LogP contribution in [0.15, 0.2) is 42.9 Å². The number of hydrogen-bond donors (Lipinski definition) is 5. The van der Waals surface area contributed by atoms with Gasteiger partial charge in [0.05, 0.1) is 76.4 Å². The number of carbonyl (C=O) groups excluding carboxylic acids is 4. The number of carbonyl (C=O) groups is 4. The lowest BCUT2D eigenvalue weighted by Gasteiger charge is -2.51. The Bertz CT molecular complexity index is 1520. The third-order valence-corrected chi connectivity index (χ3v) is 12.2. The number of benzene rings is 1. The lowest BCUT2D eigenvalue weighted by Crippen LogP contribution is -2.66. The second-order valence-corrected chi connectivity index (χ2v) is 16.1. The van der Waals surface area contributed by atoms with Crippen molar-refractivity contribution in [2.45, 2.75) is 101 Å². The first kappa shape index (κ1) is 38.9. The molecule has 6 N–H and O–H groups in total. The topological polar surface area (TPSA) is 183 Å². The molecule has 1 aromatic carbocycles. The van der Waals surface area contributed by atoms with Crippen molar-refractivity contribution in [3.8, 4) is 0 Å². The number of ether oxygens (including phenoxy) is 1. The zero-order valence-corrected chi connectivity index (χ0v) is 31.3. The second kappa shape index (κ2) is 17.5. The van der Waals surface area contributed by atoms with E-state index in [1.165, 1.54) is 13.3 Å². The fraction of sp³-hybridized carbons (Fsp3) is 0.667. The molecule has 1 aliphatic carbocycles. The third-order valence-electron chi connectivity index (χ3n) is 12.2. The van der Waals surface area contributed by atoms with Gasteiger partial charge in [0.2, 0.25) is 11.8 Å². The number of piperidine rings is 3. The molecule has 290 valence electrons. The van der Waals surface area contributed by atoms with E-state index in [0.29, 0.717) is 36.8 Å². The molecule has 6 atom stereocenters. The fourth-order valence-electron chi connectivity index (χ4n) is 9.00. The van der Waals surface area contributed by atoms with Gasteiger partial charge in [-0.15, -0.1) is 0 Å². The van der Waals surface area contributed by atoms with Crippen molar-refractivity contribution < 1.29 is 33.5 Å². The Morgan fingerprint density at radius 3 is 2.38 bits per heavy atom. The standard InChI is InChI=1S/C39H58N8O6/c1-26(40)36(49)43-31(22-30-23-41-25-42-30)38(51)46(39(52)45-15-19-53-20-16-45)33(21-27-9-5-3-6-10-27)35(48)34(29-11-7-4-8-12-29)37(50)44-32-24-47(2)17-13-28(32)14-18-47/h4,7-8,11-12,23,25-28,31-35,48H,3,5-6,9-10,13-22,24,40H2,1-2H3,(H2-,41,42,43,44,49,50)/p+1/t26?,28?,31-,32?,33-,34?,35+,47?/m0/s1. The number of fused-ring (bicyclic) bond motifs is 3. The summed E-state index contributed by atoms with van der Waals surface area (Å²) in [5.41, 5.74) is 7.14. The van der Waals surface area contributed by atoms with E-state index in [-0.39, 0.29) is 37.4 Å². The molecule has 5 amide bonds. The van der Waals surface area contributed by atoms with Crippen molar-refractivity contribution >= 4 is 23.8 Å². The number of nitrogens with one attached hydrogen (secondary N) is 3. The van der Waals surface area contributed by atoms with Gasteiger partial charge in [-0.05, 0) is 30.7 Å². The zero-order chi connectivity index (χ0) is 37.5. The van der Waals surface area contributed by atoms with Crippen LogP contribution in [-0.2, 0) is 25.5 Å². The van der Waals surface area contributed by atoms with E-state index in [1.54, 1.807) is 11.1 Å².